The molecule has 7 nitrogen and oxygen atoms in total. The molecule has 2 amide bonds. The van der Waals surface area contributed by atoms with Crippen molar-refractivity contribution in [3.8, 4) is 10.6 Å². The van der Waals surface area contributed by atoms with Crippen LogP contribution < -0.4 is 10.9 Å². The number of hydrazine groups is 1. The Hall–Kier alpha value is -3.26. The van der Waals surface area contributed by atoms with Gasteiger partial charge in [-0.05, 0) is 26.8 Å². The van der Waals surface area contributed by atoms with Gasteiger partial charge in [0, 0.05) is 29.9 Å². The summed E-state index contributed by atoms with van der Waals surface area (Å²) >= 11 is 1.29. The number of nitrogens with zero attached hydrogens (tertiary/aromatic N) is 3. The summed E-state index contributed by atoms with van der Waals surface area (Å²) in [6, 6.07) is 9.65. The molecule has 0 unspecified atom stereocenters. The minimum Gasteiger partial charge on any atom is -0.272 e. The third-order valence-electron chi connectivity index (χ3n) is 4.29. The maximum Gasteiger partial charge on any atom is 0.281 e. The molecule has 0 aliphatic heterocycles. The molecular weight excluding hydrogens is 374 g/mol. The lowest BCUT2D eigenvalue weighted by Crippen LogP contribution is -2.40. The summed E-state index contributed by atoms with van der Waals surface area (Å²) in [5.41, 5.74) is 9.08. The van der Waals surface area contributed by atoms with Gasteiger partial charge in [0.05, 0.1) is 11.4 Å². The average Bonchev–Trinajstić information content (AvgIpc) is 3.18. The van der Waals surface area contributed by atoms with Crippen LogP contribution in [-0.4, -0.2) is 26.6 Å². The van der Waals surface area contributed by atoms with Crippen molar-refractivity contribution in [2.45, 2.75) is 20.8 Å². The van der Waals surface area contributed by atoms with Crippen molar-refractivity contribution < 1.29 is 9.59 Å². The summed E-state index contributed by atoms with van der Waals surface area (Å²) in [7, 11) is 1.85. The van der Waals surface area contributed by atoms with Crippen LogP contribution in [0.1, 0.15) is 32.3 Å². The van der Waals surface area contributed by atoms with E-state index < -0.39 is 11.8 Å². The highest BCUT2D eigenvalue weighted by Crippen LogP contribution is 2.27. The van der Waals surface area contributed by atoms with E-state index in [0.29, 0.717) is 10.6 Å². The molecular formula is C20H21N5O2S. The average molecular weight is 395 g/mol. The highest BCUT2D eigenvalue weighted by atomic mass is 32.1. The number of carbonyl (C=O) groups is 2. The Kier molecular flexibility index (Phi) is 5.70. The number of carbonyl (C=O) groups excluding carboxylic acids is 2. The zero-order valence-electron chi connectivity index (χ0n) is 16.1. The monoisotopic (exact) mass is 395 g/mol. The van der Waals surface area contributed by atoms with Gasteiger partial charge in [-0.15, -0.1) is 11.3 Å². The maximum absolute atomic E-state index is 12.4. The number of thiazole rings is 1. The molecule has 144 valence electrons. The van der Waals surface area contributed by atoms with Crippen LogP contribution in [0.2, 0.25) is 0 Å². The van der Waals surface area contributed by atoms with Gasteiger partial charge >= 0.3 is 0 Å². The van der Waals surface area contributed by atoms with Gasteiger partial charge in [-0.3, -0.25) is 25.1 Å². The van der Waals surface area contributed by atoms with E-state index in [-0.39, 0.29) is 0 Å². The summed E-state index contributed by atoms with van der Waals surface area (Å²) < 4.78 is 1.76. The fourth-order valence-electron chi connectivity index (χ4n) is 2.72. The van der Waals surface area contributed by atoms with E-state index in [1.54, 1.807) is 17.7 Å². The van der Waals surface area contributed by atoms with Crippen molar-refractivity contribution in [3.63, 3.8) is 0 Å². The molecule has 0 radical (unpaired) electrons. The van der Waals surface area contributed by atoms with Gasteiger partial charge in [-0.1, -0.05) is 30.3 Å². The molecule has 28 heavy (non-hydrogen) atoms. The van der Waals surface area contributed by atoms with Crippen LogP contribution in [0.4, 0.5) is 0 Å². The molecule has 8 heteroatoms. The van der Waals surface area contributed by atoms with E-state index in [1.807, 2.05) is 51.2 Å². The number of nitrogens with one attached hydrogen (secondary N) is 2. The lowest BCUT2D eigenvalue weighted by molar-refractivity contribution is -0.117. The Morgan fingerprint density at radius 1 is 1.07 bits per heavy atom. The molecule has 0 saturated heterocycles. The van der Waals surface area contributed by atoms with E-state index in [4.69, 9.17) is 0 Å². The zero-order chi connectivity index (χ0) is 20.3. The minimum atomic E-state index is -0.429. The van der Waals surface area contributed by atoms with E-state index in [0.717, 1.165) is 27.5 Å². The first-order valence-electron chi connectivity index (χ1n) is 8.68. The normalized spacial score (nSPS) is 11.0. The highest BCUT2D eigenvalue weighted by Gasteiger charge is 2.16. The van der Waals surface area contributed by atoms with Crippen LogP contribution in [0.5, 0.6) is 0 Å². The van der Waals surface area contributed by atoms with E-state index in [9.17, 15) is 9.59 Å². The Balaban J connectivity index is 1.63. The second-order valence-corrected chi connectivity index (χ2v) is 7.28. The van der Waals surface area contributed by atoms with Crippen molar-refractivity contribution in [1.29, 1.82) is 0 Å². The van der Waals surface area contributed by atoms with Crippen LogP contribution in [-0.2, 0) is 11.8 Å². The van der Waals surface area contributed by atoms with E-state index in [2.05, 4.69) is 20.9 Å². The minimum absolute atomic E-state index is 0.396. The molecule has 0 fully saturated rings. The molecule has 0 spiro atoms. The molecule has 2 heterocycles. The number of aryl methyl sites for hydroxylation is 3. The lowest BCUT2D eigenvalue weighted by atomic mass is 10.2. The smallest absolute Gasteiger partial charge is 0.272 e. The molecule has 0 bridgehead atoms. The second kappa shape index (κ2) is 8.18. The molecule has 3 rings (SSSR count). The topological polar surface area (TPSA) is 88.9 Å². The van der Waals surface area contributed by atoms with Crippen molar-refractivity contribution in [2.75, 3.05) is 0 Å². The predicted molar refractivity (Wildman–Crippen MR) is 110 cm³/mol. The van der Waals surface area contributed by atoms with Crippen LogP contribution >= 0.6 is 11.3 Å². The standard InChI is InChI=1S/C20H21N5O2S/c1-12-16(14(3)25(4)24-12)10-11-17(26)22-23-19(27)18-13(2)21-20(28-18)15-8-6-5-7-9-15/h5-11H,1-4H3,(H,22,26)(H,23,27)/b11-10+. The number of rotatable bonds is 4. The summed E-state index contributed by atoms with van der Waals surface area (Å²) in [6.07, 6.45) is 3.05. The Morgan fingerprint density at radius 2 is 1.79 bits per heavy atom. The zero-order valence-corrected chi connectivity index (χ0v) is 16.9. The van der Waals surface area contributed by atoms with Crippen LogP contribution in [0.3, 0.4) is 0 Å². The van der Waals surface area contributed by atoms with Gasteiger partial charge in [0.25, 0.3) is 11.8 Å². The largest absolute Gasteiger partial charge is 0.281 e. The third kappa shape index (κ3) is 4.17. The number of aromatic nitrogens is 3. The quantitative estimate of drug-likeness (QED) is 0.525. The van der Waals surface area contributed by atoms with E-state index in [1.165, 1.54) is 17.4 Å². The van der Waals surface area contributed by atoms with Gasteiger partial charge in [0.15, 0.2) is 0 Å². The third-order valence-corrected chi connectivity index (χ3v) is 5.49. The van der Waals surface area contributed by atoms with Crippen LogP contribution in [0.25, 0.3) is 16.6 Å². The van der Waals surface area contributed by atoms with Crippen molar-refractivity contribution in [3.05, 3.63) is 63.9 Å². The Bertz CT molecular complexity index is 1050. The first-order chi connectivity index (χ1) is 13.4. The summed E-state index contributed by atoms with van der Waals surface area (Å²) in [5.74, 6) is -0.825. The first kappa shape index (κ1) is 19.5. The predicted octanol–water partition coefficient (Wildman–Crippen LogP) is 2.94. The number of hydrogen-bond donors (Lipinski definition) is 2. The van der Waals surface area contributed by atoms with Crippen LogP contribution in [0.15, 0.2) is 36.4 Å². The van der Waals surface area contributed by atoms with Gasteiger partial charge < -0.3 is 0 Å². The fourth-order valence-corrected chi connectivity index (χ4v) is 3.69. The molecule has 0 aliphatic rings. The Morgan fingerprint density at radius 3 is 2.43 bits per heavy atom. The second-order valence-electron chi connectivity index (χ2n) is 6.28. The van der Waals surface area contributed by atoms with Crippen LogP contribution in [0, 0.1) is 20.8 Å². The number of benzene rings is 1. The summed E-state index contributed by atoms with van der Waals surface area (Å²) in [6.45, 7) is 5.58. The van der Waals surface area contributed by atoms with Gasteiger partial charge in [-0.2, -0.15) is 5.10 Å². The molecule has 3 aromatic rings. The maximum atomic E-state index is 12.4. The molecule has 1 aromatic carbocycles. The molecule has 0 saturated carbocycles. The molecule has 2 aromatic heterocycles. The van der Waals surface area contributed by atoms with Gasteiger partial charge in [0.1, 0.15) is 9.88 Å². The molecule has 0 atom stereocenters. The molecule has 2 N–H and O–H groups in total. The van der Waals surface area contributed by atoms with Crippen molar-refractivity contribution in [1.82, 2.24) is 25.6 Å². The Labute approximate surface area is 167 Å². The highest BCUT2D eigenvalue weighted by molar-refractivity contribution is 7.17. The number of hydrogen-bond acceptors (Lipinski definition) is 5. The molecule has 0 aliphatic carbocycles. The summed E-state index contributed by atoms with van der Waals surface area (Å²) in [5, 5.41) is 5.06. The van der Waals surface area contributed by atoms with E-state index >= 15 is 0 Å². The van der Waals surface area contributed by atoms with Crippen molar-refractivity contribution in [2.24, 2.45) is 7.05 Å². The van der Waals surface area contributed by atoms with Gasteiger partial charge in [-0.25, -0.2) is 4.98 Å². The SMILES string of the molecule is Cc1nc(-c2ccccc2)sc1C(=O)NNC(=O)/C=C/c1c(C)nn(C)c1C. The van der Waals surface area contributed by atoms with Gasteiger partial charge in [0.2, 0.25) is 0 Å². The number of amides is 2. The van der Waals surface area contributed by atoms with Crippen molar-refractivity contribution >= 4 is 29.2 Å². The summed E-state index contributed by atoms with van der Waals surface area (Å²) in [4.78, 5) is 29.4. The lowest BCUT2D eigenvalue weighted by Gasteiger charge is -2.03. The fraction of sp³-hybridized carbons (Fsp3) is 0.200. The first-order valence-corrected chi connectivity index (χ1v) is 9.50.